The Labute approximate surface area is 120 Å². The first-order chi connectivity index (χ1) is 9.48. The van der Waals surface area contributed by atoms with Crippen LogP contribution in [0.25, 0.3) is 0 Å². The highest BCUT2D eigenvalue weighted by Gasteiger charge is 2.28. The molecular weight excluding hydrogens is 275 g/mol. The van der Waals surface area contributed by atoms with Gasteiger partial charge in [-0.1, -0.05) is 12.1 Å². The average Bonchev–Trinajstić information content (AvgIpc) is 2.88. The van der Waals surface area contributed by atoms with Crippen molar-refractivity contribution in [3.63, 3.8) is 0 Å². The second-order valence-corrected chi connectivity index (χ2v) is 6.45. The molecule has 2 aromatic rings. The van der Waals surface area contributed by atoms with Gasteiger partial charge < -0.3 is 4.98 Å². The van der Waals surface area contributed by atoms with Gasteiger partial charge in [0.15, 0.2) is 0 Å². The molecular formula is C15H15FN2OS. The van der Waals surface area contributed by atoms with E-state index in [4.69, 9.17) is 0 Å². The number of hydrogen-bond donors (Lipinski definition) is 1. The second kappa shape index (κ2) is 4.74. The van der Waals surface area contributed by atoms with Crippen LogP contribution in [0.3, 0.4) is 0 Å². The van der Waals surface area contributed by atoms with Crippen LogP contribution in [0.5, 0.6) is 0 Å². The van der Waals surface area contributed by atoms with Crippen molar-refractivity contribution in [2.45, 2.75) is 30.8 Å². The number of benzene rings is 1. The maximum absolute atomic E-state index is 13.0. The molecule has 1 N–H and O–H groups in total. The molecule has 1 aromatic carbocycles. The summed E-state index contributed by atoms with van der Waals surface area (Å²) < 4.78 is 13.0. The Morgan fingerprint density at radius 1 is 1.25 bits per heavy atom. The van der Waals surface area contributed by atoms with Gasteiger partial charge in [-0.15, -0.1) is 0 Å². The van der Waals surface area contributed by atoms with Gasteiger partial charge in [-0.05, 0) is 31.5 Å². The Balaban J connectivity index is 2.09. The number of nitrogens with zero attached hydrogens (tertiary/aromatic N) is 1. The summed E-state index contributed by atoms with van der Waals surface area (Å²) in [4.78, 5) is 19.6. The summed E-state index contributed by atoms with van der Waals surface area (Å²) in [6, 6.07) is 6.32. The number of aromatic amines is 1. The van der Waals surface area contributed by atoms with E-state index in [0.717, 1.165) is 28.3 Å². The zero-order chi connectivity index (χ0) is 14.3. The topological polar surface area (TPSA) is 45.8 Å². The van der Waals surface area contributed by atoms with E-state index in [1.165, 1.54) is 12.1 Å². The minimum absolute atomic E-state index is 0.0508. The van der Waals surface area contributed by atoms with Crippen LogP contribution >= 0.6 is 11.8 Å². The summed E-state index contributed by atoms with van der Waals surface area (Å²) >= 11 is 1.70. The van der Waals surface area contributed by atoms with Crippen LogP contribution in [0.2, 0.25) is 0 Å². The van der Waals surface area contributed by atoms with Gasteiger partial charge in [0.2, 0.25) is 0 Å². The third-order valence-electron chi connectivity index (χ3n) is 3.74. The smallest absolute Gasteiger partial charge is 0.255 e. The molecule has 1 aliphatic heterocycles. The largest absolute Gasteiger partial charge is 0.310 e. The minimum Gasteiger partial charge on any atom is -0.310 e. The predicted octanol–water partition coefficient (Wildman–Crippen LogP) is 2.98. The molecule has 0 saturated carbocycles. The summed E-state index contributed by atoms with van der Waals surface area (Å²) in [6.07, 6.45) is 0. The highest BCUT2D eigenvalue weighted by molar-refractivity contribution is 7.98. The first-order valence-corrected chi connectivity index (χ1v) is 7.60. The number of thioether (sulfide) groups is 1. The second-order valence-electron chi connectivity index (χ2n) is 5.46. The number of H-pyrrole nitrogens is 1. The van der Waals surface area contributed by atoms with Gasteiger partial charge >= 0.3 is 0 Å². The van der Waals surface area contributed by atoms with Gasteiger partial charge in [0.1, 0.15) is 11.6 Å². The normalized spacial score (nSPS) is 14.3. The van der Waals surface area contributed by atoms with E-state index in [1.807, 2.05) is 13.8 Å². The van der Waals surface area contributed by atoms with Crippen molar-refractivity contribution < 1.29 is 4.39 Å². The lowest BCUT2D eigenvalue weighted by atomic mass is 9.83. The molecule has 0 atom stereocenters. The van der Waals surface area contributed by atoms with Gasteiger partial charge in [-0.2, -0.15) is 11.8 Å². The molecule has 0 unspecified atom stereocenters. The average molecular weight is 290 g/mol. The molecule has 0 fully saturated rings. The van der Waals surface area contributed by atoms with Crippen molar-refractivity contribution >= 4 is 11.8 Å². The molecule has 3 rings (SSSR count). The minimum atomic E-state index is -0.463. The lowest BCUT2D eigenvalue weighted by Gasteiger charge is -2.24. The number of hydrogen-bond acceptors (Lipinski definition) is 3. The van der Waals surface area contributed by atoms with Crippen molar-refractivity contribution in [3.05, 3.63) is 63.1 Å². The third-order valence-corrected chi connectivity index (χ3v) is 4.71. The van der Waals surface area contributed by atoms with E-state index in [1.54, 1.807) is 23.9 Å². The molecule has 5 heteroatoms. The summed E-state index contributed by atoms with van der Waals surface area (Å²) in [5, 5.41) is 0. The molecule has 0 spiro atoms. The van der Waals surface area contributed by atoms with Crippen molar-refractivity contribution in [3.8, 4) is 0 Å². The van der Waals surface area contributed by atoms with Gasteiger partial charge in [0.05, 0.1) is 5.69 Å². The van der Waals surface area contributed by atoms with Crippen LogP contribution in [0.1, 0.15) is 36.5 Å². The Morgan fingerprint density at radius 2 is 1.95 bits per heavy atom. The van der Waals surface area contributed by atoms with Crippen molar-refractivity contribution in [2.75, 3.05) is 0 Å². The van der Waals surface area contributed by atoms with E-state index in [0.29, 0.717) is 5.82 Å². The van der Waals surface area contributed by atoms with Gasteiger partial charge in [-0.25, -0.2) is 9.37 Å². The predicted molar refractivity (Wildman–Crippen MR) is 78.4 cm³/mol. The molecule has 3 nitrogen and oxygen atoms in total. The van der Waals surface area contributed by atoms with Gasteiger partial charge in [0.25, 0.3) is 5.56 Å². The Kier molecular flexibility index (Phi) is 3.17. The highest BCUT2D eigenvalue weighted by Crippen LogP contribution is 2.31. The van der Waals surface area contributed by atoms with Crippen LogP contribution in [0, 0.1) is 5.82 Å². The Hall–Kier alpha value is -1.62. The number of nitrogens with one attached hydrogen (secondary N) is 1. The molecule has 1 aromatic heterocycles. The summed E-state index contributed by atoms with van der Waals surface area (Å²) in [6.45, 7) is 3.96. The van der Waals surface area contributed by atoms with E-state index in [9.17, 15) is 9.18 Å². The zero-order valence-corrected chi connectivity index (χ0v) is 12.2. The number of aromatic nitrogens is 2. The fraction of sp³-hybridized carbons (Fsp3) is 0.333. The standard InChI is InChI=1S/C15H15FN2OS/c1-15(2,9-3-5-10(16)6-4-9)14-17-12-8-20-7-11(12)13(19)18-14/h3-6H,7-8H2,1-2H3,(H,17,18,19). The lowest BCUT2D eigenvalue weighted by Crippen LogP contribution is -2.28. The first-order valence-electron chi connectivity index (χ1n) is 6.45. The molecule has 0 amide bonds. The lowest BCUT2D eigenvalue weighted by molar-refractivity contribution is 0.577. The van der Waals surface area contributed by atoms with E-state index >= 15 is 0 Å². The van der Waals surface area contributed by atoms with E-state index in [2.05, 4.69) is 9.97 Å². The van der Waals surface area contributed by atoms with Gasteiger partial charge in [0, 0.05) is 22.5 Å². The molecule has 20 heavy (non-hydrogen) atoms. The fourth-order valence-electron chi connectivity index (χ4n) is 2.36. The van der Waals surface area contributed by atoms with Crippen molar-refractivity contribution in [1.29, 1.82) is 0 Å². The molecule has 0 saturated heterocycles. The summed E-state index contributed by atoms with van der Waals surface area (Å²) in [7, 11) is 0. The Morgan fingerprint density at radius 3 is 2.65 bits per heavy atom. The molecule has 2 heterocycles. The van der Waals surface area contributed by atoms with E-state index < -0.39 is 5.41 Å². The molecule has 0 bridgehead atoms. The quantitative estimate of drug-likeness (QED) is 0.925. The highest BCUT2D eigenvalue weighted by atomic mass is 32.2. The SMILES string of the molecule is CC(C)(c1ccc(F)cc1)c1nc2c(c(=O)[nH]1)CSC2. The maximum atomic E-state index is 13.0. The first kappa shape index (κ1) is 13.4. The van der Waals surface area contributed by atoms with Crippen LogP contribution in [-0.4, -0.2) is 9.97 Å². The number of fused-ring (bicyclic) bond motifs is 1. The van der Waals surface area contributed by atoms with Crippen molar-refractivity contribution in [2.24, 2.45) is 0 Å². The molecule has 1 aliphatic rings. The Bertz CT molecular complexity index is 707. The van der Waals surface area contributed by atoms with Gasteiger partial charge in [-0.3, -0.25) is 4.79 Å². The third kappa shape index (κ3) is 2.16. The monoisotopic (exact) mass is 290 g/mol. The number of rotatable bonds is 2. The van der Waals surface area contributed by atoms with Crippen LogP contribution < -0.4 is 5.56 Å². The van der Waals surface area contributed by atoms with Crippen molar-refractivity contribution in [1.82, 2.24) is 9.97 Å². The number of halogens is 1. The fourth-order valence-corrected chi connectivity index (χ4v) is 3.40. The molecule has 0 aliphatic carbocycles. The summed E-state index contributed by atoms with van der Waals surface area (Å²) in [5.74, 6) is 1.88. The van der Waals surface area contributed by atoms with Crippen LogP contribution in [-0.2, 0) is 16.9 Å². The molecule has 104 valence electrons. The van der Waals surface area contributed by atoms with Crippen LogP contribution in [0.15, 0.2) is 29.1 Å². The van der Waals surface area contributed by atoms with E-state index in [-0.39, 0.29) is 11.4 Å². The zero-order valence-electron chi connectivity index (χ0n) is 11.4. The van der Waals surface area contributed by atoms with Crippen LogP contribution in [0.4, 0.5) is 4.39 Å². The summed E-state index contributed by atoms with van der Waals surface area (Å²) in [5.41, 5.74) is 2.07. The molecule has 0 radical (unpaired) electrons. The maximum Gasteiger partial charge on any atom is 0.255 e.